The summed E-state index contributed by atoms with van der Waals surface area (Å²) in [7, 11) is 1.63. The standard InChI is InChI=1S/C13H19NO4/c1-3-17-10-13(15)14-11-4-6-12(7-5-11)18-9-8-16-2/h4-7H,3,8-10H2,1-2H3,(H,14,15). The minimum absolute atomic E-state index is 0.0720. The number of carbonyl (C=O) groups is 1. The van der Waals surface area contributed by atoms with Crippen LogP contribution in [-0.4, -0.2) is 39.4 Å². The van der Waals surface area contributed by atoms with Crippen molar-refractivity contribution in [2.75, 3.05) is 38.9 Å². The third-order valence-electron chi connectivity index (χ3n) is 2.13. The molecule has 100 valence electrons. The maximum absolute atomic E-state index is 11.4. The summed E-state index contributed by atoms with van der Waals surface area (Å²) in [6.07, 6.45) is 0. The maximum atomic E-state index is 11.4. The lowest BCUT2D eigenvalue weighted by atomic mass is 10.3. The number of benzene rings is 1. The number of nitrogens with one attached hydrogen (secondary N) is 1. The molecule has 0 aromatic heterocycles. The molecule has 0 aliphatic rings. The van der Waals surface area contributed by atoms with E-state index in [9.17, 15) is 4.79 Å². The monoisotopic (exact) mass is 253 g/mol. The topological polar surface area (TPSA) is 56.8 Å². The predicted molar refractivity (Wildman–Crippen MR) is 68.9 cm³/mol. The molecule has 5 nitrogen and oxygen atoms in total. The smallest absolute Gasteiger partial charge is 0.250 e. The van der Waals surface area contributed by atoms with E-state index in [2.05, 4.69) is 5.32 Å². The zero-order valence-corrected chi connectivity index (χ0v) is 10.8. The Hall–Kier alpha value is -1.59. The van der Waals surface area contributed by atoms with E-state index < -0.39 is 0 Å². The first-order valence-corrected chi connectivity index (χ1v) is 5.85. The summed E-state index contributed by atoms with van der Waals surface area (Å²) in [5, 5.41) is 2.73. The lowest BCUT2D eigenvalue weighted by molar-refractivity contribution is -0.120. The Morgan fingerprint density at radius 1 is 1.22 bits per heavy atom. The number of hydrogen-bond donors (Lipinski definition) is 1. The summed E-state index contributed by atoms with van der Waals surface area (Å²) in [4.78, 5) is 11.4. The first kappa shape index (κ1) is 14.5. The number of methoxy groups -OCH3 is 1. The molecule has 0 aliphatic heterocycles. The molecule has 1 N–H and O–H groups in total. The second kappa shape index (κ2) is 8.49. The Morgan fingerprint density at radius 2 is 1.94 bits per heavy atom. The predicted octanol–water partition coefficient (Wildman–Crippen LogP) is 1.69. The Balaban J connectivity index is 2.37. The number of rotatable bonds is 8. The van der Waals surface area contributed by atoms with Crippen LogP contribution in [0.3, 0.4) is 0 Å². The molecule has 1 aromatic rings. The number of hydrogen-bond acceptors (Lipinski definition) is 4. The van der Waals surface area contributed by atoms with E-state index in [1.165, 1.54) is 0 Å². The van der Waals surface area contributed by atoms with Gasteiger partial charge in [-0.15, -0.1) is 0 Å². The second-order valence-corrected chi connectivity index (χ2v) is 3.55. The van der Waals surface area contributed by atoms with E-state index in [1.807, 2.05) is 6.92 Å². The Kier molecular flexibility index (Phi) is 6.83. The normalized spacial score (nSPS) is 10.1. The van der Waals surface area contributed by atoms with Crippen molar-refractivity contribution in [2.45, 2.75) is 6.92 Å². The van der Waals surface area contributed by atoms with E-state index >= 15 is 0 Å². The number of ether oxygens (including phenoxy) is 3. The third-order valence-corrected chi connectivity index (χ3v) is 2.13. The van der Waals surface area contributed by atoms with Gasteiger partial charge in [0.15, 0.2) is 0 Å². The van der Waals surface area contributed by atoms with Crippen LogP contribution in [0.15, 0.2) is 24.3 Å². The van der Waals surface area contributed by atoms with Crippen LogP contribution in [0, 0.1) is 0 Å². The molecule has 0 fully saturated rings. The highest BCUT2D eigenvalue weighted by Crippen LogP contribution is 2.15. The Labute approximate surface area is 107 Å². The van der Waals surface area contributed by atoms with Gasteiger partial charge in [0.25, 0.3) is 0 Å². The van der Waals surface area contributed by atoms with E-state index in [-0.39, 0.29) is 12.5 Å². The first-order valence-electron chi connectivity index (χ1n) is 5.85. The van der Waals surface area contributed by atoms with Gasteiger partial charge >= 0.3 is 0 Å². The largest absolute Gasteiger partial charge is 0.491 e. The van der Waals surface area contributed by atoms with Crippen LogP contribution in [0.4, 0.5) is 5.69 Å². The average molecular weight is 253 g/mol. The second-order valence-electron chi connectivity index (χ2n) is 3.55. The molecule has 0 aliphatic carbocycles. The van der Waals surface area contributed by atoms with Crippen molar-refractivity contribution in [2.24, 2.45) is 0 Å². The summed E-state index contributed by atoms with van der Waals surface area (Å²) in [6.45, 7) is 3.50. The van der Waals surface area contributed by atoms with E-state index in [0.29, 0.717) is 19.8 Å². The van der Waals surface area contributed by atoms with Crippen molar-refractivity contribution in [1.82, 2.24) is 0 Å². The lowest BCUT2D eigenvalue weighted by Gasteiger charge is -2.08. The highest BCUT2D eigenvalue weighted by molar-refractivity contribution is 5.91. The van der Waals surface area contributed by atoms with E-state index in [1.54, 1.807) is 31.4 Å². The van der Waals surface area contributed by atoms with Crippen molar-refractivity contribution >= 4 is 11.6 Å². The molecular weight excluding hydrogens is 234 g/mol. The van der Waals surface area contributed by atoms with Gasteiger partial charge in [-0.2, -0.15) is 0 Å². The highest BCUT2D eigenvalue weighted by Gasteiger charge is 2.02. The molecule has 1 rings (SSSR count). The van der Waals surface area contributed by atoms with E-state index in [0.717, 1.165) is 11.4 Å². The first-order chi connectivity index (χ1) is 8.76. The van der Waals surface area contributed by atoms with Crippen LogP contribution in [-0.2, 0) is 14.3 Å². The van der Waals surface area contributed by atoms with Crippen LogP contribution in [0.25, 0.3) is 0 Å². The van der Waals surface area contributed by atoms with Gasteiger partial charge in [0.2, 0.25) is 5.91 Å². The molecule has 0 unspecified atom stereocenters. The van der Waals surface area contributed by atoms with Crippen LogP contribution < -0.4 is 10.1 Å². The molecule has 1 amide bonds. The van der Waals surface area contributed by atoms with Crippen molar-refractivity contribution in [3.63, 3.8) is 0 Å². The van der Waals surface area contributed by atoms with Crippen LogP contribution in [0.5, 0.6) is 5.75 Å². The Bertz CT molecular complexity index is 351. The molecule has 0 saturated carbocycles. The van der Waals surface area contributed by atoms with Crippen molar-refractivity contribution in [3.8, 4) is 5.75 Å². The Morgan fingerprint density at radius 3 is 2.56 bits per heavy atom. The molecule has 18 heavy (non-hydrogen) atoms. The van der Waals surface area contributed by atoms with Crippen LogP contribution in [0.1, 0.15) is 6.92 Å². The molecule has 1 aromatic carbocycles. The number of amides is 1. The van der Waals surface area contributed by atoms with Crippen LogP contribution >= 0.6 is 0 Å². The summed E-state index contributed by atoms with van der Waals surface area (Å²) in [5.41, 5.74) is 0.721. The van der Waals surface area contributed by atoms with Gasteiger partial charge < -0.3 is 19.5 Å². The lowest BCUT2D eigenvalue weighted by Crippen LogP contribution is -2.18. The van der Waals surface area contributed by atoms with Gasteiger partial charge in [-0.3, -0.25) is 4.79 Å². The van der Waals surface area contributed by atoms with Gasteiger partial charge in [0, 0.05) is 19.4 Å². The molecule has 5 heteroatoms. The van der Waals surface area contributed by atoms with Gasteiger partial charge in [0.05, 0.1) is 6.61 Å². The molecule has 0 bridgehead atoms. The van der Waals surface area contributed by atoms with Crippen molar-refractivity contribution in [3.05, 3.63) is 24.3 Å². The van der Waals surface area contributed by atoms with Gasteiger partial charge in [-0.25, -0.2) is 0 Å². The fourth-order valence-electron chi connectivity index (χ4n) is 1.27. The summed E-state index contributed by atoms with van der Waals surface area (Å²) in [6, 6.07) is 7.16. The summed E-state index contributed by atoms with van der Waals surface area (Å²) in [5.74, 6) is 0.583. The minimum atomic E-state index is -0.162. The molecule has 0 radical (unpaired) electrons. The zero-order chi connectivity index (χ0) is 13.2. The molecule has 0 spiro atoms. The summed E-state index contributed by atoms with van der Waals surface area (Å²) < 4.78 is 15.3. The summed E-state index contributed by atoms with van der Waals surface area (Å²) >= 11 is 0. The SMILES string of the molecule is CCOCC(=O)Nc1ccc(OCCOC)cc1. The molecule has 0 saturated heterocycles. The highest BCUT2D eigenvalue weighted by atomic mass is 16.5. The van der Waals surface area contributed by atoms with E-state index in [4.69, 9.17) is 14.2 Å². The fourth-order valence-corrected chi connectivity index (χ4v) is 1.27. The maximum Gasteiger partial charge on any atom is 0.250 e. The van der Waals surface area contributed by atoms with Gasteiger partial charge in [-0.05, 0) is 31.2 Å². The van der Waals surface area contributed by atoms with Crippen LogP contribution in [0.2, 0.25) is 0 Å². The average Bonchev–Trinajstić information content (AvgIpc) is 2.39. The van der Waals surface area contributed by atoms with Crippen molar-refractivity contribution < 1.29 is 19.0 Å². The van der Waals surface area contributed by atoms with Gasteiger partial charge in [-0.1, -0.05) is 0 Å². The van der Waals surface area contributed by atoms with Gasteiger partial charge in [0.1, 0.15) is 19.0 Å². The number of anilines is 1. The van der Waals surface area contributed by atoms with Crippen molar-refractivity contribution in [1.29, 1.82) is 0 Å². The molecule has 0 atom stereocenters. The zero-order valence-electron chi connectivity index (χ0n) is 10.8. The third kappa shape index (κ3) is 5.65. The quantitative estimate of drug-likeness (QED) is 0.716. The number of carbonyl (C=O) groups excluding carboxylic acids is 1. The molecular formula is C13H19NO4. The molecule has 0 heterocycles. The minimum Gasteiger partial charge on any atom is -0.491 e. The fraction of sp³-hybridized carbons (Fsp3) is 0.462.